The monoisotopic (exact) mass is 264 g/mol. The van der Waals surface area contributed by atoms with E-state index in [4.69, 9.17) is 0 Å². The van der Waals surface area contributed by atoms with E-state index < -0.39 is 0 Å². The Hall–Kier alpha value is -1.43. The molecule has 2 aromatic heterocycles. The minimum absolute atomic E-state index is 0.111. The molecule has 1 aliphatic rings. The Balaban J connectivity index is 2.03. The molecule has 2 unspecified atom stereocenters. The molecule has 0 saturated carbocycles. The van der Waals surface area contributed by atoms with Gasteiger partial charge in [-0.25, -0.2) is 4.98 Å². The first kappa shape index (κ1) is 11.6. The molecule has 0 radical (unpaired) electrons. The smallest absolute Gasteiger partial charge is 0.275 e. The Morgan fingerprint density at radius 3 is 3.00 bits per heavy atom. The zero-order valence-electron chi connectivity index (χ0n) is 10.5. The van der Waals surface area contributed by atoms with Gasteiger partial charge in [-0.05, 0) is 25.7 Å². The van der Waals surface area contributed by atoms with Crippen molar-refractivity contribution in [2.75, 3.05) is 11.4 Å². The molecule has 0 bridgehead atoms. The lowest BCUT2D eigenvalue weighted by Gasteiger charge is -2.36. The van der Waals surface area contributed by atoms with Gasteiger partial charge in [-0.1, -0.05) is 18.3 Å². The average molecular weight is 264 g/mol. The van der Waals surface area contributed by atoms with Crippen molar-refractivity contribution in [1.82, 2.24) is 14.6 Å². The molecule has 1 aliphatic heterocycles. The summed E-state index contributed by atoms with van der Waals surface area (Å²) in [7, 11) is 0. The molecule has 0 spiro atoms. The standard InChI is InChI=1S/C12H16N4OS/c1-8-3-4-9(2)15(7-8)12-14-16-10(17)5-6-13-11(16)18-12/h5-6,8-9H,3-4,7H2,1-2H3. The maximum atomic E-state index is 11.7. The lowest BCUT2D eigenvalue weighted by atomic mass is 9.96. The summed E-state index contributed by atoms with van der Waals surface area (Å²) in [5, 5.41) is 5.31. The summed E-state index contributed by atoms with van der Waals surface area (Å²) in [6.07, 6.45) is 3.99. The van der Waals surface area contributed by atoms with Crippen LogP contribution in [-0.4, -0.2) is 27.2 Å². The molecule has 0 N–H and O–H groups in total. The third kappa shape index (κ3) is 1.90. The lowest BCUT2D eigenvalue weighted by Crippen LogP contribution is -2.41. The van der Waals surface area contributed by atoms with Gasteiger partial charge < -0.3 is 4.90 Å². The molecule has 2 aromatic rings. The lowest BCUT2D eigenvalue weighted by molar-refractivity contribution is 0.389. The van der Waals surface area contributed by atoms with Gasteiger partial charge in [0.2, 0.25) is 10.1 Å². The maximum absolute atomic E-state index is 11.7. The normalized spacial score (nSPS) is 24.7. The molecule has 96 valence electrons. The Labute approximate surface area is 109 Å². The predicted molar refractivity (Wildman–Crippen MR) is 72.3 cm³/mol. The van der Waals surface area contributed by atoms with E-state index in [1.165, 1.54) is 34.8 Å². The molecule has 3 heterocycles. The second-order valence-corrected chi connectivity index (χ2v) is 5.98. The van der Waals surface area contributed by atoms with Crippen LogP contribution in [0.25, 0.3) is 4.96 Å². The maximum Gasteiger partial charge on any atom is 0.275 e. The summed E-state index contributed by atoms with van der Waals surface area (Å²) in [6.45, 7) is 5.49. The minimum Gasteiger partial charge on any atom is -0.344 e. The van der Waals surface area contributed by atoms with Gasteiger partial charge in [0.05, 0.1) is 0 Å². The largest absolute Gasteiger partial charge is 0.344 e. The minimum atomic E-state index is -0.111. The highest BCUT2D eigenvalue weighted by molar-refractivity contribution is 7.20. The number of fused-ring (bicyclic) bond motifs is 1. The van der Waals surface area contributed by atoms with Crippen LogP contribution in [0.3, 0.4) is 0 Å². The number of piperidine rings is 1. The molecule has 0 aromatic carbocycles. The summed E-state index contributed by atoms with van der Waals surface area (Å²) in [5.41, 5.74) is -0.111. The van der Waals surface area contributed by atoms with Crippen LogP contribution in [0.1, 0.15) is 26.7 Å². The van der Waals surface area contributed by atoms with Crippen LogP contribution in [0.5, 0.6) is 0 Å². The van der Waals surface area contributed by atoms with Crippen LogP contribution >= 0.6 is 11.3 Å². The van der Waals surface area contributed by atoms with Crippen molar-refractivity contribution in [2.24, 2.45) is 5.92 Å². The van der Waals surface area contributed by atoms with Gasteiger partial charge in [0.1, 0.15) is 0 Å². The first-order chi connectivity index (χ1) is 8.65. The second-order valence-electron chi connectivity index (χ2n) is 5.05. The molecule has 0 amide bonds. The third-order valence-electron chi connectivity index (χ3n) is 3.52. The zero-order valence-corrected chi connectivity index (χ0v) is 11.4. The predicted octanol–water partition coefficient (Wildman–Crippen LogP) is 1.78. The third-order valence-corrected chi connectivity index (χ3v) is 4.48. The molecular formula is C12H16N4OS. The number of anilines is 1. The van der Waals surface area contributed by atoms with Crippen molar-refractivity contribution in [2.45, 2.75) is 32.7 Å². The molecule has 1 fully saturated rings. The van der Waals surface area contributed by atoms with E-state index in [2.05, 4.69) is 28.8 Å². The highest BCUT2D eigenvalue weighted by atomic mass is 32.1. The van der Waals surface area contributed by atoms with Gasteiger partial charge >= 0.3 is 0 Å². The van der Waals surface area contributed by atoms with E-state index in [1.54, 1.807) is 6.20 Å². The van der Waals surface area contributed by atoms with Crippen molar-refractivity contribution in [3.05, 3.63) is 22.6 Å². The van der Waals surface area contributed by atoms with Gasteiger partial charge in [0, 0.05) is 24.8 Å². The Morgan fingerprint density at radius 2 is 2.22 bits per heavy atom. The fraction of sp³-hybridized carbons (Fsp3) is 0.583. The Kier molecular flexibility index (Phi) is 2.81. The molecule has 6 heteroatoms. The van der Waals surface area contributed by atoms with Gasteiger partial charge in [0.25, 0.3) is 5.56 Å². The zero-order chi connectivity index (χ0) is 12.7. The number of hydrogen-bond acceptors (Lipinski definition) is 5. The first-order valence-corrected chi connectivity index (χ1v) is 7.08. The van der Waals surface area contributed by atoms with E-state index in [1.807, 2.05) is 0 Å². The van der Waals surface area contributed by atoms with Crippen molar-refractivity contribution in [3.8, 4) is 0 Å². The Morgan fingerprint density at radius 1 is 1.39 bits per heavy atom. The van der Waals surface area contributed by atoms with Crippen molar-refractivity contribution < 1.29 is 0 Å². The van der Waals surface area contributed by atoms with Crippen LogP contribution in [0, 0.1) is 5.92 Å². The summed E-state index contributed by atoms with van der Waals surface area (Å²) >= 11 is 1.49. The molecule has 1 saturated heterocycles. The Bertz CT molecular complexity index is 620. The van der Waals surface area contributed by atoms with E-state index in [0.29, 0.717) is 16.9 Å². The molecule has 2 atom stereocenters. The van der Waals surface area contributed by atoms with Gasteiger partial charge in [0.15, 0.2) is 0 Å². The molecule has 0 aliphatic carbocycles. The fourth-order valence-corrected chi connectivity index (χ4v) is 3.39. The summed E-state index contributed by atoms with van der Waals surface area (Å²) < 4.78 is 1.39. The molecular weight excluding hydrogens is 248 g/mol. The molecule has 18 heavy (non-hydrogen) atoms. The van der Waals surface area contributed by atoms with Crippen LogP contribution in [0.4, 0.5) is 5.13 Å². The van der Waals surface area contributed by atoms with Gasteiger partial charge in [-0.2, -0.15) is 4.52 Å². The van der Waals surface area contributed by atoms with E-state index in [0.717, 1.165) is 11.7 Å². The van der Waals surface area contributed by atoms with Crippen LogP contribution in [0.2, 0.25) is 0 Å². The summed E-state index contributed by atoms with van der Waals surface area (Å²) in [5.74, 6) is 0.679. The highest BCUT2D eigenvalue weighted by Crippen LogP contribution is 2.29. The number of hydrogen-bond donors (Lipinski definition) is 0. The molecule has 3 rings (SSSR count). The average Bonchev–Trinajstić information content (AvgIpc) is 2.77. The van der Waals surface area contributed by atoms with Gasteiger partial charge in [-0.15, -0.1) is 5.10 Å². The van der Waals surface area contributed by atoms with Gasteiger partial charge in [-0.3, -0.25) is 4.79 Å². The number of rotatable bonds is 1. The van der Waals surface area contributed by atoms with E-state index in [-0.39, 0.29) is 5.56 Å². The molecule has 5 nitrogen and oxygen atoms in total. The van der Waals surface area contributed by atoms with Crippen molar-refractivity contribution in [1.29, 1.82) is 0 Å². The number of aromatic nitrogens is 3. The highest BCUT2D eigenvalue weighted by Gasteiger charge is 2.25. The topological polar surface area (TPSA) is 50.5 Å². The SMILES string of the molecule is CC1CCC(C)N(c2nn3c(=O)ccnc3s2)C1. The summed E-state index contributed by atoms with van der Waals surface area (Å²) in [4.78, 5) is 18.8. The fourth-order valence-electron chi connectivity index (χ4n) is 2.40. The van der Waals surface area contributed by atoms with Crippen LogP contribution < -0.4 is 10.5 Å². The quantitative estimate of drug-likeness (QED) is 0.787. The van der Waals surface area contributed by atoms with Crippen LogP contribution in [-0.2, 0) is 0 Å². The van der Waals surface area contributed by atoms with Crippen molar-refractivity contribution in [3.63, 3.8) is 0 Å². The van der Waals surface area contributed by atoms with E-state index >= 15 is 0 Å². The van der Waals surface area contributed by atoms with Crippen molar-refractivity contribution >= 4 is 21.4 Å². The first-order valence-electron chi connectivity index (χ1n) is 6.26. The number of nitrogens with zero attached hydrogens (tertiary/aromatic N) is 4. The van der Waals surface area contributed by atoms with E-state index in [9.17, 15) is 4.79 Å². The second kappa shape index (κ2) is 4.35. The van der Waals surface area contributed by atoms with Crippen LogP contribution in [0.15, 0.2) is 17.1 Å². The summed E-state index contributed by atoms with van der Waals surface area (Å²) in [6, 6.07) is 1.93.